The molecule has 7 nitrogen and oxygen atoms in total. The number of rotatable bonds is 7. The lowest BCUT2D eigenvalue weighted by molar-refractivity contribution is -0.138. The molecule has 0 spiro atoms. The van der Waals surface area contributed by atoms with Crippen LogP contribution >= 0.6 is 0 Å². The van der Waals surface area contributed by atoms with Gasteiger partial charge in [-0.15, -0.1) is 0 Å². The van der Waals surface area contributed by atoms with Crippen LogP contribution in [0.15, 0.2) is 18.2 Å². The van der Waals surface area contributed by atoms with E-state index in [-0.39, 0.29) is 29.7 Å². The maximum Gasteiger partial charge on any atom is 0.337 e. The van der Waals surface area contributed by atoms with E-state index in [1.54, 1.807) is 0 Å². The van der Waals surface area contributed by atoms with Crippen LogP contribution in [0.5, 0.6) is 0 Å². The first kappa shape index (κ1) is 17.6. The maximum absolute atomic E-state index is 13.0. The number of benzene rings is 1. The molecule has 0 aromatic heterocycles. The van der Waals surface area contributed by atoms with Gasteiger partial charge in [0.25, 0.3) is 0 Å². The van der Waals surface area contributed by atoms with Gasteiger partial charge in [-0.2, -0.15) is 0 Å². The second-order valence-electron chi connectivity index (χ2n) is 4.53. The Bertz CT molecular complexity index is 576. The molecule has 1 aromatic carbocycles. The molecule has 0 saturated carbocycles. The Morgan fingerprint density at radius 2 is 2.09 bits per heavy atom. The smallest absolute Gasteiger partial charge is 0.337 e. The number of carbonyl (C=O) groups excluding carboxylic acids is 2. The molecular formula is C14H17FN2O5. The van der Waals surface area contributed by atoms with Crippen LogP contribution in [0.4, 0.5) is 10.1 Å². The molecule has 4 N–H and O–H groups in total. The number of methoxy groups -OCH3 is 1. The first-order valence-electron chi connectivity index (χ1n) is 6.44. The van der Waals surface area contributed by atoms with Crippen molar-refractivity contribution < 1.29 is 28.6 Å². The van der Waals surface area contributed by atoms with Gasteiger partial charge in [0.05, 0.1) is 12.7 Å². The molecule has 0 bridgehead atoms. The summed E-state index contributed by atoms with van der Waals surface area (Å²) in [5.41, 5.74) is 5.80. The van der Waals surface area contributed by atoms with E-state index in [9.17, 15) is 18.8 Å². The number of hydrogen-bond donors (Lipinski definition) is 3. The standard InChI is InChI=1S/C14H17FN2O5/c1-22-14(21)8-2-4-11(9(6-8)7-15)17-12(18)5-3-10(16)13(19)20/h2,4,6,10H,3,5,7,16H2,1H3,(H,17,18)(H,19,20)/t10-/m0/s1. The normalized spacial score (nSPS) is 11.6. The fraction of sp³-hybridized carbons (Fsp3) is 0.357. The van der Waals surface area contributed by atoms with Crippen LogP contribution in [0.3, 0.4) is 0 Å². The highest BCUT2D eigenvalue weighted by molar-refractivity contribution is 5.94. The number of hydrogen-bond acceptors (Lipinski definition) is 5. The number of ether oxygens (including phenoxy) is 1. The van der Waals surface area contributed by atoms with E-state index in [0.717, 1.165) is 0 Å². The highest BCUT2D eigenvalue weighted by atomic mass is 19.1. The summed E-state index contributed by atoms with van der Waals surface area (Å²) in [7, 11) is 1.21. The Balaban J connectivity index is 2.74. The van der Waals surface area contributed by atoms with Crippen LogP contribution in [0.25, 0.3) is 0 Å². The summed E-state index contributed by atoms with van der Waals surface area (Å²) in [6.07, 6.45) is -0.148. The summed E-state index contributed by atoms with van der Waals surface area (Å²) in [6.45, 7) is -0.880. The average Bonchev–Trinajstić information content (AvgIpc) is 2.51. The monoisotopic (exact) mass is 312 g/mol. The zero-order valence-corrected chi connectivity index (χ0v) is 12.0. The number of aliphatic carboxylic acids is 1. The van der Waals surface area contributed by atoms with Gasteiger partial charge in [0.15, 0.2) is 0 Å². The molecule has 1 amide bonds. The highest BCUT2D eigenvalue weighted by Crippen LogP contribution is 2.20. The molecule has 0 aliphatic rings. The number of anilines is 1. The lowest BCUT2D eigenvalue weighted by Crippen LogP contribution is -2.31. The number of amides is 1. The molecule has 1 atom stereocenters. The van der Waals surface area contributed by atoms with E-state index >= 15 is 0 Å². The molecule has 8 heteroatoms. The summed E-state index contributed by atoms with van der Waals surface area (Å²) in [6, 6.07) is 2.93. The molecule has 0 saturated heterocycles. The van der Waals surface area contributed by atoms with Crippen LogP contribution in [-0.4, -0.2) is 36.1 Å². The van der Waals surface area contributed by atoms with Gasteiger partial charge in [-0.25, -0.2) is 9.18 Å². The lowest BCUT2D eigenvalue weighted by atomic mass is 10.1. The summed E-state index contributed by atoms with van der Waals surface area (Å²) in [5.74, 6) is -2.29. The van der Waals surface area contributed by atoms with Gasteiger partial charge in [0, 0.05) is 17.7 Å². The molecule has 0 aliphatic heterocycles. The molecule has 0 fully saturated rings. The van der Waals surface area contributed by atoms with Crippen LogP contribution in [0, 0.1) is 0 Å². The summed E-state index contributed by atoms with van der Waals surface area (Å²) >= 11 is 0. The minimum Gasteiger partial charge on any atom is -0.480 e. The van der Waals surface area contributed by atoms with E-state index in [0.29, 0.717) is 0 Å². The molecule has 1 aromatic rings. The third kappa shape index (κ3) is 4.81. The Labute approximate surface area is 126 Å². The molecule has 0 aliphatic carbocycles. The second kappa shape index (κ2) is 8.08. The van der Waals surface area contributed by atoms with Crippen molar-refractivity contribution in [2.24, 2.45) is 5.73 Å². The van der Waals surface area contributed by atoms with Gasteiger partial charge in [0.2, 0.25) is 5.91 Å². The van der Waals surface area contributed by atoms with Crippen molar-refractivity contribution in [2.45, 2.75) is 25.6 Å². The second-order valence-corrected chi connectivity index (χ2v) is 4.53. The van der Waals surface area contributed by atoms with Crippen molar-refractivity contribution in [1.29, 1.82) is 0 Å². The number of nitrogens with one attached hydrogen (secondary N) is 1. The average molecular weight is 312 g/mol. The number of carbonyl (C=O) groups is 3. The quantitative estimate of drug-likeness (QED) is 0.648. The van der Waals surface area contributed by atoms with Crippen LogP contribution in [0.1, 0.15) is 28.8 Å². The van der Waals surface area contributed by atoms with Gasteiger partial charge in [-0.3, -0.25) is 9.59 Å². The largest absolute Gasteiger partial charge is 0.480 e. The van der Waals surface area contributed by atoms with E-state index in [1.807, 2.05) is 0 Å². The van der Waals surface area contributed by atoms with Gasteiger partial charge in [-0.1, -0.05) is 0 Å². The predicted octanol–water partition coefficient (Wildman–Crippen LogP) is 1.07. The number of esters is 1. The van der Waals surface area contributed by atoms with Crippen molar-refractivity contribution in [2.75, 3.05) is 12.4 Å². The molecule has 120 valence electrons. The number of halogens is 1. The third-order valence-electron chi connectivity index (χ3n) is 2.94. The predicted molar refractivity (Wildman–Crippen MR) is 76.1 cm³/mol. The fourth-order valence-electron chi connectivity index (χ4n) is 1.69. The SMILES string of the molecule is COC(=O)c1ccc(NC(=O)CC[C@H](N)C(=O)O)c(CF)c1. The van der Waals surface area contributed by atoms with Crippen molar-refractivity contribution in [3.05, 3.63) is 29.3 Å². The van der Waals surface area contributed by atoms with Crippen molar-refractivity contribution >= 4 is 23.5 Å². The minimum atomic E-state index is -1.19. The molecular weight excluding hydrogens is 295 g/mol. The zero-order chi connectivity index (χ0) is 16.7. The van der Waals surface area contributed by atoms with Gasteiger partial charge in [0.1, 0.15) is 12.7 Å². The van der Waals surface area contributed by atoms with Crippen LogP contribution in [0.2, 0.25) is 0 Å². The number of nitrogens with two attached hydrogens (primary N) is 1. The Hall–Kier alpha value is -2.48. The third-order valence-corrected chi connectivity index (χ3v) is 2.94. The molecule has 1 rings (SSSR count). The van der Waals surface area contributed by atoms with E-state index in [2.05, 4.69) is 10.1 Å². The van der Waals surface area contributed by atoms with E-state index in [4.69, 9.17) is 10.8 Å². The molecule has 0 radical (unpaired) electrons. The Morgan fingerprint density at radius 1 is 1.41 bits per heavy atom. The summed E-state index contributed by atoms with van der Waals surface area (Å²) in [5, 5.41) is 11.1. The van der Waals surface area contributed by atoms with Crippen LogP contribution in [-0.2, 0) is 21.0 Å². The number of carboxylic acids is 1. The maximum atomic E-state index is 13.0. The summed E-state index contributed by atoms with van der Waals surface area (Å²) < 4.78 is 17.5. The van der Waals surface area contributed by atoms with Crippen molar-refractivity contribution in [1.82, 2.24) is 0 Å². The molecule has 0 heterocycles. The Morgan fingerprint density at radius 3 is 2.64 bits per heavy atom. The minimum absolute atomic E-state index is 0.0353. The molecule has 0 unspecified atom stereocenters. The van der Waals surface area contributed by atoms with Crippen molar-refractivity contribution in [3.8, 4) is 0 Å². The van der Waals surface area contributed by atoms with E-state index < -0.39 is 30.6 Å². The highest BCUT2D eigenvalue weighted by Gasteiger charge is 2.15. The zero-order valence-electron chi connectivity index (χ0n) is 12.0. The molecule has 22 heavy (non-hydrogen) atoms. The number of alkyl halides is 1. The van der Waals surface area contributed by atoms with Crippen molar-refractivity contribution in [3.63, 3.8) is 0 Å². The lowest BCUT2D eigenvalue weighted by Gasteiger charge is -2.11. The fourth-order valence-corrected chi connectivity index (χ4v) is 1.69. The van der Waals surface area contributed by atoms with Gasteiger partial charge in [-0.05, 0) is 24.6 Å². The first-order valence-corrected chi connectivity index (χ1v) is 6.44. The number of carboxylic acid groups (broad SMARTS) is 1. The van der Waals surface area contributed by atoms with Crippen LogP contribution < -0.4 is 11.1 Å². The Kier molecular flexibility index (Phi) is 6.46. The van der Waals surface area contributed by atoms with E-state index in [1.165, 1.54) is 25.3 Å². The van der Waals surface area contributed by atoms with Gasteiger partial charge >= 0.3 is 11.9 Å². The summed E-state index contributed by atoms with van der Waals surface area (Å²) in [4.78, 5) is 33.6. The first-order chi connectivity index (χ1) is 10.4. The topological polar surface area (TPSA) is 119 Å². The van der Waals surface area contributed by atoms with Gasteiger partial charge < -0.3 is 20.9 Å².